The maximum Gasteiger partial charge on any atom is 0.326 e. The van der Waals surface area contributed by atoms with Gasteiger partial charge in [-0.2, -0.15) is 0 Å². The molecular formula is C9H15NO5S. The van der Waals surface area contributed by atoms with Crippen molar-refractivity contribution in [3.63, 3.8) is 0 Å². The molecule has 0 spiro atoms. The van der Waals surface area contributed by atoms with E-state index in [4.69, 9.17) is 5.11 Å². The summed E-state index contributed by atoms with van der Waals surface area (Å²) in [4.78, 5) is 23.8. The van der Waals surface area contributed by atoms with E-state index in [0.29, 0.717) is 19.4 Å². The molecular weight excluding hydrogens is 234 g/mol. The number of sulfone groups is 1. The first-order chi connectivity index (χ1) is 7.25. The van der Waals surface area contributed by atoms with Gasteiger partial charge in [-0.1, -0.05) is 0 Å². The third-order valence-electron chi connectivity index (χ3n) is 2.81. The van der Waals surface area contributed by atoms with Crippen LogP contribution >= 0.6 is 0 Å². The Balaban J connectivity index is 2.86. The minimum Gasteiger partial charge on any atom is -0.480 e. The van der Waals surface area contributed by atoms with Crippen molar-refractivity contribution in [2.75, 3.05) is 12.8 Å². The Hall–Kier alpha value is -1.11. The quantitative estimate of drug-likeness (QED) is 0.727. The van der Waals surface area contributed by atoms with Crippen LogP contribution in [0.15, 0.2) is 0 Å². The van der Waals surface area contributed by atoms with Crippen LogP contribution in [0.2, 0.25) is 0 Å². The predicted octanol–water partition coefficient (Wildman–Crippen LogP) is -0.505. The van der Waals surface area contributed by atoms with Crippen LogP contribution < -0.4 is 0 Å². The number of nitrogens with zero attached hydrogens (tertiary/aromatic N) is 1. The van der Waals surface area contributed by atoms with Gasteiger partial charge in [-0.3, -0.25) is 4.79 Å². The molecule has 0 aromatic rings. The van der Waals surface area contributed by atoms with Gasteiger partial charge >= 0.3 is 5.97 Å². The predicted molar refractivity (Wildman–Crippen MR) is 56.7 cm³/mol. The standard InChI is InChI=1S/C9H15NO5S/c1-6(16(2,14)15)8(11)10-5-3-4-7(10)9(12)13/h6-7H,3-5H2,1-2H3,(H,12,13). The molecule has 1 aliphatic rings. The number of rotatable bonds is 3. The van der Waals surface area contributed by atoms with Crippen LogP contribution in [0.5, 0.6) is 0 Å². The molecule has 7 heteroatoms. The van der Waals surface area contributed by atoms with Crippen LogP contribution in [0.3, 0.4) is 0 Å². The van der Waals surface area contributed by atoms with Gasteiger partial charge < -0.3 is 10.0 Å². The lowest BCUT2D eigenvalue weighted by molar-refractivity contribution is -0.147. The Morgan fingerprint density at radius 1 is 1.44 bits per heavy atom. The SMILES string of the molecule is CC(C(=O)N1CCCC1C(=O)O)S(C)(=O)=O. The average Bonchev–Trinajstić information content (AvgIpc) is 2.62. The monoisotopic (exact) mass is 249 g/mol. The zero-order valence-electron chi connectivity index (χ0n) is 9.21. The summed E-state index contributed by atoms with van der Waals surface area (Å²) in [6, 6.07) is -0.878. The number of carboxylic acid groups (broad SMARTS) is 1. The van der Waals surface area contributed by atoms with E-state index >= 15 is 0 Å². The molecule has 1 N–H and O–H groups in total. The first-order valence-electron chi connectivity index (χ1n) is 4.97. The Morgan fingerprint density at radius 2 is 2.00 bits per heavy atom. The summed E-state index contributed by atoms with van der Waals surface area (Å²) in [5.74, 6) is -1.70. The molecule has 0 aliphatic carbocycles. The van der Waals surface area contributed by atoms with Gasteiger partial charge in [-0.25, -0.2) is 13.2 Å². The molecule has 1 aliphatic heterocycles. The highest BCUT2D eigenvalue weighted by atomic mass is 32.2. The fraction of sp³-hybridized carbons (Fsp3) is 0.778. The molecule has 2 atom stereocenters. The van der Waals surface area contributed by atoms with E-state index < -0.39 is 33.0 Å². The van der Waals surface area contributed by atoms with Gasteiger partial charge in [-0.15, -0.1) is 0 Å². The van der Waals surface area contributed by atoms with Crippen molar-refractivity contribution in [3.05, 3.63) is 0 Å². The third-order valence-corrected chi connectivity index (χ3v) is 4.30. The minimum atomic E-state index is -3.47. The van der Waals surface area contributed by atoms with E-state index in [1.54, 1.807) is 0 Å². The highest BCUT2D eigenvalue weighted by Gasteiger charge is 2.38. The molecule has 0 aromatic heterocycles. The van der Waals surface area contributed by atoms with E-state index in [9.17, 15) is 18.0 Å². The molecule has 1 fully saturated rings. The number of hydrogen-bond acceptors (Lipinski definition) is 4. The molecule has 0 saturated carbocycles. The van der Waals surface area contributed by atoms with Gasteiger partial charge in [0, 0.05) is 12.8 Å². The number of likely N-dealkylation sites (tertiary alicyclic amines) is 1. The van der Waals surface area contributed by atoms with Crippen LogP contribution in [0.1, 0.15) is 19.8 Å². The van der Waals surface area contributed by atoms with Gasteiger partial charge in [0.2, 0.25) is 5.91 Å². The van der Waals surface area contributed by atoms with E-state index in [2.05, 4.69) is 0 Å². The van der Waals surface area contributed by atoms with Crippen molar-refractivity contribution in [2.45, 2.75) is 31.1 Å². The summed E-state index contributed by atoms with van der Waals surface area (Å²) in [6.07, 6.45) is 1.96. The first kappa shape index (κ1) is 13.0. The normalized spacial score (nSPS) is 23.1. The zero-order valence-corrected chi connectivity index (χ0v) is 10.0. The van der Waals surface area contributed by atoms with Crippen LogP contribution in [-0.2, 0) is 19.4 Å². The smallest absolute Gasteiger partial charge is 0.326 e. The van der Waals surface area contributed by atoms with E-state index in [-0.39, 0.29) is 0 Å². The molecule has 6 nitrogen and oxygen atoms in total. The Labute approximate surface area is 94.2 Å². The highest BCUT2D eigenvalue weighted by molar-refractivity contribution is 7.92. The number of carbonyl (C=O) groups excluding carboxylic acids is 1. The van der Waals surface area contributed by atoms with Crippen LogP contribution in [0, 0.1) is 0 Å². The Morgan fingerprint density at radius 3 is 2.44 bits per heavy atom. The lowest BCUT2D eigenvalue weighted by atomic mass is 10.2. The highest BCUT2D eigenvalue weighted by Crippen LogP contribution is 2.19. The number of hydrogen-bond donors (Lipinski definition) is 1. The molecule has 0 aromatic carbocycles. The van der Waals surface area contributed by atoms with Crippen LogP contribution in [0.4, 0.5) is 0 Å². The van der Waals surface area contributed by atoms with Gasteiger partial charge in [0.15, 0.2) is 9.84 Å². The van der Waals surface area contributed by atoms with Crippen molar-refractivity contribution in [1.82, 2.24) is 4.90 Å². The molecule has 1 saturated heterocycles. The number of carbonyl (C=O) groups is 2. The fourth-order valence-electron chi connectivity index (χ4n) is 1.70. The fourth-order valence-corrected chi connectivity index (χ4v) is 2.21. The van der Waals surface area contributed by atoms with Crippen molar-refractivity contribution in [2.24, 2.45) is 0 Å². The second-order valence-corrected chi connectivity index (χ2v) is 6.37. The molecule has 1 heterocycles. The summed E-state index contributed by atoms with van der Waals surface area (Å²) in [5, 5.41) is 7.70. The Bertz CT molecular complexity index is 402. The van der Waals surface area contributed by atoms with Crippen molar-refractivity contribution < 1.29 is 23.1 Å². The summed E-state index contributed by atoms with van der Waals surface area (Å²) in [7, 11) is -3.47. The zero-order chi connectivity index (χ0) is 12.5. The average molecular weight is 249 g/mol. The van der Waals surface area contributed by atoms with E-state index in [1.165, 1.54) is 6.92 Å². The molecule has 0 bridgehead atoms. The second kappa shape index (κ2) is 4.40. The van der Waals surface area contributed by atoms with E-state index in [1.807, 2.05) is 0 Å². The Kier molecular flexibility index (Phi) is 3.57. The molecule has 2 unspecified atom stereocenters. The molecule has 1 amide bonds. The van der Waals surface area contributed by atoms with Gasteiger partial charge in [-0.05, 0) is 19.8 Å². The van der Waals surface area contributed by atoms with E-state index in [0.717, 1.165) is 11.2 Å². The summed E-state index contributed by atoms with van der Waals surface area (Å²) in [6.45, 7) is 1.60. The van der Waals surface area contributed by atoms with Crippen LogP contribution in [0.25, 0.3) is 0 Å². The largest absolute Gasteiger partial charge is 0.480 e. The number of carboxylic acids is 1. The summed E-state index contributed by atoms with van der Waals surface area (Å²) < 4.78 is 22.4. The topological polar surface area (TPSA) is 91.8 Å². The number of aliphatic carboxylic acids is 1. The summed E-state index contributed by atoms with van der Waals surface area (Å²) >= 11 is 0. The summed E-state index contributed by atoms with van der Waals surface area (Å²) in [5.41, 5.74) is 0. The van der Waals surface area contributed by atoms with Crippen molar-refractivity contribution in [3.8, 4) is 0 Å². The van der Waals surface area contributed by atoms with Crippen molar-refractivity contribution >= 4 is 21.7 Å². The number of amides is 1. The maximum atomic E-state index is 11.8. The van der Waals surface area contributed by atoms with Gasteiger partial charge in [0.25, 0.3) is 0 Å². The molecule has 16 heavy (non-hydrogen) atoms. The molecule has 0 radical (unpaired) electrons. The maximum absolute atomic E-state index is 11.8. The minimum absolute atomic E-state index is 0.315. The third kappa shape index (κ3) is 2.52. The molecule has 1 rings (SSSR count). The van der Waals surface area contributed by atoms with Gasteiger partial charge in [0.1, 0.15) is 11.3 Å². The van der Waals surface area contributed by atoms with Crippen LogP contribution in [-0.4, -0.2) is 54.4 Å². The first-order valence-corrected chi connectivity index (χ1v) is 6.92. The molecule has 92 valence electrons. The van der Waals surface area contributed by atoms with Crippen molar-refractivity contribution in [1.29, 1.82) is 0 Å². The van der Waals surface area contributed by atoms with Gasteiger partial charge in [0.05, 0.1) is 0 Å². The lowest BCUT2D eigenvalue weighted by Crippen LogP contribution is -2.46. The lowest BCUT2D eigenvalue weighted by Gasteiger charge is -2.23. The second-order valence-electron chi connectivity index (χ2n) is 4.00.